The first kappa shape index (κ1) is 14.6. The van der Waals surface area contributed by atoms with Crippen molar-refractivity contribution >= 4 is 21.5 Å². The van der Waals surface area contributed by atoms with E-state index in [-0.39, 0.29) is 22.0 Å². The minimum absolute atomic E-state index is 0.0943. The van der Waals surface area contributed by atoms with E-state index in [9.17, 15) is 13.5 Å². The van der Waals surface area contributed by atoms with Crippen LogP contribution in [0.1, 0.15) is 26.2 Å². The number of hydrogen-bond acceptors (Lipinski definition) is 5. The zero-order valence-corrected chi connectivity index (χ0v) is 11.0. The molecule has 6 nitrogen and oxygen atoms in total. The lowest BCUT2D eigenvalue weighted by molar-refractivity contribution is 0.476. The molecule has 18 heavy (non-hydrogen) atoms. The van der Waals surface area contributed by atoms with Crippen molar-refractivity contribution in [2.45, 2.75) is 31.1 Å². The lowest BCUT2D eigenvalue weighted by Crippen LogP contribution is -2.05. The third-order valence-corrected chi connectivity index (χ3v) is 3.34. The number of benzene rings is 1. The lowest BCUT2D eigenvalue weighted by Gasteiger charge is -2.11. The van der Waals surface area contributed by atoms with Gasteiger partial charge in [-0.05, 0) is 18.6 Å². The smallest absolute Gasteiger partial charge is 0.294 e. The van der Waals surface area contributed by atoms with Crippen LogP contribution in [0.3, 0.4) is 0 Å². The van der Waals surface area contributed by atoms with Crippen molar-refractivity contribution in [2.24, 2.45) is 0 Å². The molecule has 0 spiro atoms. The predicted molar refractivity (Wildman–Crippen MR) is 70.3 cm³/mol. The first-order valence-electron chi connectivity index (χ1n) is 5.70. The number of phenolic OH excluding ortho intramolecular Hbond substituents is 1. The van der Waals surface area contributed by atoms with E-state index in [0.717, 1.165) is 31.4 Å². The number of nitrogens with one attached hydrogen (secondary N) is 1. The van der Waals surface area contributed by atoms with Crippen LogP contribution in [0.4, 0.5) is 11.4 Å². The van der Waals surface area contributed by atoms with Gasteiger partial charge in [0.1, 0.15) is 0 Å². The Balaban J connectivity index is 2.93. The van der Waals surface area contributed by atoms with E-state index in [0.29, 0.717) is 6.54 Å². The molecule has 0 saturated carbocycles. The molecule has 0 unspecified atom stereocenters. The summed E-state index contributed by atoms with van der Waals surface area (Å²) in [4.78, 5) is -0.337. The fraction of sp³-hybridized carbons (Fsp3) is 0.455. The predicted octanol–water partition coefficient (Wildman–Crippen LogP) is 1.82. The minimum Gasteiger partial charge on any atom is -0.504 e. The average molecular weight is 274 g/mol. The van der Waals surface area contributed by atoms with Gasteiger partial charge < -0.3 is 16.2 Å². The van der Waals surface area contributed by atoms with E-state index < -0.39 is 10.1 Å². The van der Waals surface area contributed by atoms with Crippen molar-refractivity contribution in [1.29, 1.82) is 0 Å². The molecule has 0 aliphatic carbocycles. The van der Waals surface area contributed by atoms with E-state index in [4.69, 9.17) is 10.3 Å². The topological polar surface area (TPSA) is 113 Å². The van der Waals surface area contributed by atoms with Gasteiger partial charge in [0, 0.05) is 6.54 Å². The molecule has 0 heterocycles. The molecule has 7 heteroatoms. The third kappa shape index (κ3) is 3.78. The van der Waals surface area contributed by atoms with Crippen LogP contribution in [-0.2, 0) is 10.1 Å². The number of unbranched alkanes of at least 4 members (excludes halogenated alkanes) is 2. The molecule has 0 saturated heterocycles. The molecule has 0 aromatic heterocycles. The quantitative estimate of drug-likeness (QED) is 0.272. The van der Waals surface area contributed by atoms with E-state index in [2.05, 4.69) is 12.2 Å². The Morgan fingerprint density at radius 3 is 2.56 bits per heavy atom. The molecule has 0 bridgehead atoms. The zero-order valence-electron chi connectivity index (χ0n) is 10.2. The summed E-state index contributed by atoms with van der Waals surface area (Å²) in [6.45, 7) is 2.66. The highest BCUT2D eigenvalue weighted by molar-refractivity contribution is 7.85. The number of hydrogen-bond donors (Lipinski definition) is 4. The van der Waals surface area contributed by atoms with Crippen LogP contribution < -0.4 is 11.1 Å². The van der Waals surface area contributed by atoms with Crippen molar-refractivity contribution in [2.75, 3.05) is 17.6 Å². The molecule has 1 aromatic carbocycles. The number of rotatable bonds is 6. The molecule has 5 N–H and O–H groups in total. The standard InChI is InChI=1S/C11H18N2O4S/c1-2-3-4-5-13-10-7-8(18(15,16)17)6-9(12)11(10)14/h6-7,13-14H,2-5,12H2,1H3,(H,15,16,17). The van der Waals surface area contributed by atoms with Crippen molar-refractivity contribution in [1.82, 2.24) is 0 Å². The second-order valence-corrected chi connectivity index (χ2v) is 5.44. The Bertz CT molecular complexity index is 514. The van der Waals surface area contributed by atoms with Crippen LogP contribution >= 0.6 is 0 Å². The molecule has 0 aliphatic rings. The minimum atomic E-state index is -4.33. The number of phenols is 1. The summed E-state index contributed by atoms with van der Waals surface area (Å²) in [7, 11) is -4.33. The first-order chi connectivity index (χ1) is 8.36. The van der Waals surface area contributed by atoms with Gasteiger partial charge in [-0.15, -0.1) is 0 Å². The van der Waals surface area contributed by atoms with Crippen LogP contribution in [0.2, 0.25) is 0 Å². The highest BCUT2D eigenvalue weighted by Gasteiger charge is 2.15. The van der Waals surface area contributed by atoms with E-state index in [1.807, 2.05) is 0 Å². The van der Waals surface area contributed by atoms with Crippen LogP contribution in [0.25, 0.3) is 0 Å². The Hall–Kier alpha value is -1.47. The number of nitrogen functional groups attached to an aromatic ring is 1. The number of nitrogens with two attached hydrogens (primary N) is 1. The highest BCUT2D eigenvalue weighted by Crippen LogP contribution is 2.33. The van der Waals surface area contributed by atoms with Gasteiger partial charge in [-0.1, -0.05) is 19.8 Å². The summed E-state index contributed by atoms with van der Waals surface area (Å²) in [5.74, 6) is -0.209. The van der Waals surface area contributed by atoms with Crippen molar-refractivity contribution < 1.29 is 18.1 Å². The SMILES string of the molecule is CCCCCNc1cc(S(=O)(=O)O)cc(N)c1O. The largest absolute Gasteiger partial charge is 0.504 e. The summed E-state index contributed by atoms with van der Waals surface area (Å²) in [6.07, 6.45) is 2.98. The van der Waals surface area contributed by atoms with Gasteiger partial charge in [-0.3, -0.25) is 4.55 Å². The van der Waals surface area contributed by atoms with Crippen LogP contribution in [0, 0.1) is 0 Å². The molecule has 0 fully saturated rings. The van der Waals surface area contributed by atoms with Gasteiger partial charge in [-0.25, -0.2) is 0 Å². The van der Waals surface area contributed by atoms with Gasteiger partial charge >= 0.3 is 0 Å². The van der Waals surface area contributed by atoms with Gasteiger partial charge in [0.05, 0.1) is 16.3 Å². The number of anilines is 2. The third-order valence-electron chi connectivity index (χ3n) is 2.51. The molecule has 0 radical (unpaired) electrons. The Kier molecular flexibility index (Phi) is 4.80. The van der Waals surface area contributed by atoms with E-state index >= 15 is 0 Å². The van der Waals surface area contributed by atoms with Gasteiger partial charge in [0.2, 0.25) is 0 Å². The first-order valence-corrected chi connectivity index (χ1v) is 7.14. The normalized spacial score (nSPS) is 11.4. The summed E-state index contributed by atoms with van der Waals surface area (Å²) in [5, 5.41) is 12.6. The van der Waals surface area contributed by atoms with E-state index in [1.54, 1.807) is 0 Å². The monoisotopic (exact) mass is 274 g/mol. The second kappa shape index (κ2) is 5.92. The van der Waals surface area contributed by atoms with Crippen LogP contribution in [0.15, 0.2) is 17.0 Å². The fourth-order valence-electron chi connectivity index (χ4n) is 1.51. The Morgan fingerprint density at radius 1 is 1.33 bits per heavy atom. The second-order valence-electron chi connectivity index (χ2n) is 4.02. The summed E-state index contributed by atoms with van der Waals surface area (Å²) in [6, 6.07) is 2.18. The van der Waals surface area contributed by atoms with Crippen molar-refractivity contribution in [3.05, 3.63) is 12.1 Å². The van der Waals surface area contributed by atoms with Crippen molar-refractivity contribution in [3.63, 3.8) is 0 Å². The maximum Gasteiger partial charge on any atom is 0.294 e. The van der Waals surface area contributed by atoms with Crippen molar-refractivity contribution in [3.8, 4) is 5.75 Å². The van der Waals surface area contributed by atoms with E-state index in [1.165, 1.54) is 0 Å². The lowest BCUT2D eigenvalue weighted by atomic mass is 10.2. The average Bonchev–Trinajstić information content (AvgIpc) is 2.28. The fourth-order valence-corrected chi connectivity index (χ4v) is 2.05. The number of aromatic hydroxyl groups is 1. The Labute approximate surface area is 107 Å². The molecule has 0 amide bonds. The van der Waals surface area contributed by atoms with Gasteiger partial charge in [-0.2, -0.15) is 8.42 Å². The Morgan fingerprint density at radius 2 is 2.00 bits per heavy atom. The van der Waals surface area contributed by atoms with Gasteiger partial charge in [0.15, 0.2) is 5.75 Å². The highest BCUT2D eigenvalue weighted by atomic mass is 32.2. The molecule has 0 aliphatic heterocycles. The molecular weight excluding hydrogens is 256 g/mol. The molecule has 0 atom stereocenters. The summed E-state index contributed by atoms with van der Waals surface area (Å²) >= 11 is 0. The van der Waals surface area contributed by atoms with Crippen LogP contribution in [0.5, 0.6) is 5.75 Å². The van der Waals surface area contributed by atoms with Crippen LogP contribution in [-0.4, -0.2) is 24.6 Å². The maximum atomic E-state index is 11.0. The summed E-state index contributed by atoms with van der Waals surface area (Å²) in [5.41, 5.74) is 5.60. The molecule has 1 aromatic rings. The molecule has 1 rings (SSSR count). The van der Waals surface area contributed by atoms with Gasteiger partial charge in [0.25, 0.3) is 10.1 Å². The zero-order chi connectivity index (χ0) is 13.8. The molecular formula is C11H18N2O4S. The molecule has 102 valence electrons. The maximum absolute atomic E-state index is 11.0. The summed E-state index contributed by atoms with van der Waals surface area (Å²) < 4.78 is 31.0.